The van der Waals surface area contributed by atoms with Gasteiger partial charge in [0.1, 0.15) is 12.3 Å². The smallest absolute Gasteiger partial charge is 0.322 e. The van der Waals surface area contributed by atoms with Gasteiger partial charge in [0.05, 0.1) is 25.8 Å². The number of benzene rings is 2. The Labute approximate surface area is 193 Å². The number of carbonyl (C=O) groups excluding carboxylic acids is 2. The molecule has 7 heteroatoms. The molecule has 0 saturated carbocycles. The van der Waals surface area contributed by atoms with Crippen LogP contribution in [0.4, 0.5) is 10.5 Å². The van der Waals surface area contributed by atoms with E-state index in [1.165, 1.54) is 17.6 Å². The third kappa shape index (κ3) is 3.97. The van der Waals surface area contributed by atoms with Gasteiger partial charge in [-0.2, -0.15) is 0 Å². The molecule has 2 N–H and O–H groups in total. The van der Waals surface area contributed by atoms with Gasteiger partial charge in [-0.05, 0) is 48.1 Å². The van der Waals surface area contributed by atoms with E-state index in [4.69, 9.17) is 4.74 Å². The molecule has 0 radical (unpaired) electrons. The molecular formula is C26H29N3O4. The van der Waals surface area contributed by atoms with Gasteiger partial charge in [0.2, 0.25) is 5.91 Å². The molecule has 7 nitrogen and oxygen atoms in total. The molecule has 2 fully saturated rings. The first-order chi connectivity index (χ1) is 16.1. The minimum Gasteiger partial charge on any atom is -0.497 e. The molecule has 0 unspecified atom stereocenters. The molecule has 2 aromatic carbocycles. The van der Waals surface area contributed by atoms with Crippen LogP contribution in [0.1, 0.15) is 36.3 Å². The van der Waals surface area contributed by atoms with Crippen LogP contribution in [0.2, 0.25) is 0 Å². The van der Waals surface area contributed by atoms with Crippen molar-refractivity contribution in [3.05, 3.63) is 65.7 Å². The fourth-order valence-corrected chi connectivity index (χ4v) is 5.41. The van der Waals surface area contributed by atoms with E-state index in [1.807, 2.05) is 0 Å². The molecule has 0 aromatic heterocycles. The van der Waals surface area contributed by atoms with Crippen LogP contribution >= 0.6 is 0 Å². The zero-order valence-electron chi connectivity index (χ0n) is 18.7. The standard InChI is InChI=1S/C26H29N3O4/c1-33-21-8-4-7-20(13-21)27-26(32)28-14-22-25(23(16-30)29(22)24(31)15-28)19-11-9-18(10-12-19)17-5-2-3-6-17/h4-5,7-13,22-23,25,30H,2-3,6,14-16H2,1H3,(H,27,32)/t22-,23+,25-/m1/s1. The molecule has 0 spiro atoms. The van der Waals surface area contributed by atoms with E-state index in [-0.39, 0.29) is 43.1 Å². The van der Waals surface area contributed by atoms with Gasteiger partial charge in [-0.1, -0.05) is 36.4 Å². The Kier molecular flexibility index (Phi) is 5.81. The zero-order chi connectivity index (χ0) is 22.9. The highest BCUT2D eigenvalue weighted by atomic mass is 16.5. The Morgan fingerprint density at radius 2 is 2.03 bits per heavy atom. The lowest BCUT2D eigenvalue weighted by molar-refractivity contribution is -0.159. The Hall–Kier alpha value is -3.32. The number of piperazine rings is 1. The number of allylic oxidation sites excluding steroid dienone is 2. The predicted octanol–water partition coefficient (Wildman–Crippen LogP) is 3.47. The average molecular weight is 448 g/mol. The summed E-state index contributed by atoms with van der Waals surface area (Å²) in [7, 11) is 1.57. The second-order valence-electron chi connectivity index (χ2n) is 8.93. The SMILES string of the molecule is COc1cccc(NC(=O)N2CC(=O)N3[C@H](C2)[C@@H](c2ccc(C4=CCCC4)cc2)[C@@H]3CO)c1. The van der Waals surface area contributed by atoms with Crippen molar-refractivity contribution in [2.75, 3.05) is 32.1 Å². The van der Waals surface area contributed by atoms with Gasteiger partial charge < -0.3 is 25.0 Å². The van der Waals surface area contributed by atoms with Crippen LogP contribution in [-0.4, -0.2) is 65.7 Å². The summed E-state index contributed by atoms with van der Waals surface area (Å²) in [5.41, 5.74) is 4.35. The van der Waals surface area contributed by atoms with Crippen molar-refractivity contribution in [3.63, 3.8) is 0 Å². The lowest BCUT2D eigenvalue weighted by Gasteiger charge is -2.58. The molecule has 0 bridgehead atoms. The number of amides is 3. The van der Waals surface area contributed by atoms with E-state index in [2.05, 4.69) is 35.7 Å². The molecule has 3 atom stereocenters. The quantitative estimate of drug-likeness (QED) is 0.736. The highest BCUT2D eigenvalue weighted by molar-refractivity contribution is 5.94. The number of hydrogen-bond donors (Lipinski definition) is 2. The van der Waals surface area contributed by atoms with E-state index < -0.39 is 0 Å². The highest BCUT2D eigenvalue weighted by Gasteiger charge is 2.54. The topological polar surface area (TPSA) is 82.1 Å². The number of fused-ring (bicyclic) bond motifs is 1. The lowest BCUT2D eigenvalue weighted by atomic mass is 9.73. The number of ether oxygens (including phenoxy) is 1. The van der Waals surface area contributed by atoms with Crippen LogP contribution in [0.3, 0.4) is 0 Å². The maximum absolute atomic E-state index is 12.9. The van der Waals surface area contributed by atoms with Gasteiger partial charge in [-0.3, -0.25) is 4.79 Å². The summed E-state index contributed by atoms with van der Waals surface area (Å²) in [4.78, 5) is 29.1. The van der Waals surface area contributed by atoms with Crippen molar-refractivity contribution < 1.29 is 19.4 Å². The third-order valence-electron chi connectivity index (χ3n) is 7.07. The normalized spacial score (nSPS) is 24.1. The minimum atomic E-state index is -0.314. The van der Waals surface area contributed by atoms with Gasteiger partial charge in [0, 0.05) is 24.2 Å². The number of urea groups is 1. The van der Waals surface area contributed by atoms with Crippen molar-refractivity contribution in [1.82, 2.24) is 9.80 Å². The second kappa shape index (κ2) is 8.90. The van der Waals surface area contributed by atoms with Gasteiger partial charge in [-0.25, -0.2) is 4.79 Å². The van der Waals surface area contributed by atoms with Crippen LogP contribution in [0, 0.1) is 0 Å². The number of aliphatic hydroxyl groups excluding tert-OH is 1. The van der Waals surface area contributed by atoms with Crippen molar-refractivity contribution in [3.8, 4) is 5.75 Å². The molecule has 172 valence electrons. The molecule has 2 aliphatic heterocycles. The monoisotopic (exact) mass is 447 g/mol. The van der Waals surface area contributed by atoms with E-state index >= 15 is 0 Å². The maximum atomic E-state index is 12.9. The summed E-state index contributed by atoms with van der Waals surface area (Å²) in [5.74, 6) is 0.517. The molecule has 2 aromatic rings. The summed E-state index contributed by atoms with van der Waals surface area (Å²) in [6, 6.07) is 14.9. The molecule has 3 aliphatic rings. The van der Waals surface area contributed by atoms with Crippen molar-refractivity contribution >= 4 is 23.2 Å². The average Bonchev–Trinajstić information content (AvgIpc) is 3.36. The Morgan fingerprint density at radius 1 is 1.21 bits per heavy atom. The fourth-order valence-electron chi connectivity index (χ4n) is 5.41. The number of anilines is 1. The highest BCUT2D eigenvalue weighted by Crippen LogP contribution is 2.43. The second-order valence-corrected chi connectivity index (χ2v) is 8.93. The van der Waals surface area contributed by atoms with Crippen LogP contribution < -0.4 is 10.1 Å². The van der Waals surface area contributed by atoms with Gasteiger partial charge >= 0.3 is 6.03 Å². The van der Waals surface area contributed by atoms with Crippen LogP contribution in [0.25, 0.3) is 5.57 Å². The van der Waals surface area contributed by atoms with Gasteiger partial charge in [0.25, 0.3) is 0 Å². The number of aliphatic hydroxyl groups is 1. The number of nitrogens with zero attached hydrogens (tertiary/aromatic N) is 2. The Balaban J connectivity index is 1.32. The first-order valence-electron chi connectivity index (χ1n) is 11.5. The molecule has 3 amide bonds. The summed E-state index contributed by atoms with van der Waals surface area (Å²) >= 11 is 0. The van der Waals surface area contributed by atoms with Crippen LogP contribution in [0.15, 0.2) is 54.6 Å². The van der Waals surface area contributed by atoms with Crippen molar-refractivity contribution in [2.24, 2.45) is 0 Å². The predicted molar refractivity (Wildman–Crippen MR) is 126 cm³/mol. The van der Waals surface area contributed by atoms with Crippen LogP contribution in [0.5, 0.6) is 5.75 Å². The van der Waals surface area contributed by atoms with Gasteiger partial charge in [-0.15, -0.1) is 0 Å². The van der Waals surface area contributed by atoms with Crippen molar-refractivity contribution in [1.29, 1.82) is 0 Å². The van der Waals surface area contributed by atoms with E-state index in [0.717, 1.165) is 18.4 Å². The Morgan fingerprint density at radius 3 is 2.73 bits per heavy atom. The first-order valence-corrected chi connectivity index (χ1v) is 11.5. The number of rotatable bonds is 5. The summed E-state index contributed by atoms with van der Waals surface area (Å²) in [6.45, 7) is 0.341. The molecule has 5 rings (SSSR count). The van der Waals surface area contributed by atoms with Gasteiger partial charge in [0.15, 0.2) is 0 Å². The van der Waals surface area contributed by atoms with E-state index in [0.29, 0.717) is 18.0 Å². The molecule has 2 heterocycles. The largest absolute Gasteiger partial charge is 0.497 e. The fraction of sp³-hybridized carbons (Fsp3) is 0.385. The first kappa shape index (κ1) is 21.5. The minimum absolute atomic E-state index is 0.00187. The molecule has 33 heavy (non-hydrogen) atoms. The zero-order valence-corrected chi connectivity index (χ0v) is 18.7. The number of carbonyl (C=O) groups is 2. The lowest BCUT2D eigenvalue weighted by Crippen LogP contribution is -2.73. The molecule has 2 saturated heterocycles. The van der Waals surface area contributed by atoms with Crippen molar-refractivity contribution in [2.45, 2.75) is 37.3 Å². The summed E-state index contributed by atoms with van der Waals surface area (Å²) in [5, 5.41) is 12.9. The van der Waals surface area contributed by atoms with E-state index in [1.54, 1.807) is 41.2 Å². The number of methoxy groups -OCH3 is 1. The summed E-state index contributed by atoms with van der Waals surface area (Å²) < 4.78 is 5.21. The molecule has 1 aliphatic carbocycles. The summed E-state index contributed by atoms with van der Waals surface area (Å²) in [6.07, 6.45) is 5.76. The third-order valence-corrected chi connectivity index (χ3v) is 7.07. The molecular weight excluding hydrogens is 418 g/mol. The Bertz CT molecular complexity index is 1080. The van der Waals surface area contributed by atoms with Crippen LogP contribution in [-0.2, 0) is 4.79 Å². The maximum Gasteiger partial charge on any atom is 0.322 e. The van der Waals surface area contributed by atoms with E-state index in [9.17, 15) is 14.7 Å². The number of hydrogen-bond acceptors (Lipinski definition) is 4. The number of nitrogens with one attached hydrogen (secondary N) is 1.